The van der Waals surface area contributed by atoms with Crippen molar-refractivity contribution >= 4 is 23.7 Å². The van der Waals surface area contributed by atoms with Crippen LogP contribution in [0.5, 0.6) is 0 Å². The lowest BCUT2D eigenvalue weighted by atomic mass is 9.40. The zero-order valence-corrected chi connectivity index (χ0v) is 23.6. The molecule has 2 bridgehead atoms. The number of carbonyl (C=O) groups is 4. The molecule has 1 aliphatic heterocycles. The van der Waals surface area contributed by atoms with Crippen LogP contribution in [0.25, 0.3) is 0 Å². The molecule has 0 aromatic carbocycles. The van der Waals surface area contributed by atoms with Crippen LogP contribution in [0.15, 0.2) is 46.8 Å². The predicted octanol–water partition coefficient (Wildman–Crippen LogP) is 5.14. The van der Waals surface area contributed by atoms with E-state index in [9.17, 15) is 19.2 Å². The maximum absolute atomic E-state index is 14.4. The van der Waals surface area contributed by atoms with E-state index in [1.54, 1.807) is 19.5 Å². The van der Waals surface area contributed by atoms with Gasteiger partial charge in [-0.3, -0.25) is 14.4 Å². The number of esters is 3. The molecule has 39 heavy (non-hydrogen) atoms. The lowest BCUT2D eigenvalue weighted by Gasteiger charge is -2.63. The standard InChI is InChI=1S/C31H38O8/c1-16(2)28(35)39-27-19-12-18-20(31(6,25(19)34)22(29(27,3)4)14-23(32)36-7)8-10-30(5)21(18)13-24(33)38-26(30)17-9-11-37-15-17/h9,11-12,15,19-22,26-27H,1,8,10,13-14H2,2-7H3. The van der Waals surface area contributed by atoms with Gasteiger partial charge in [0.15, 0.2) is 0 Å². The van der Waals surface area contributed by atoms with Crippen LogP contribution in [0.1, 0.15) is 72.0 Å². The quantitative estimate of drug-likeness (QED) is 0.219. The summed E-state index contributed by atoms with van der Waals surface area (Å²) in [5.41, 5.74) is 0.0314. The molecule has 8 unspecified atom stereocenters. The Bertz CT molecular complexity index is 1260. The van der Waals surface area contributed by atoms with E-state index in [4.69, 9.17) is 18.6 Å². The first-order valence-electron chi connectivity index (χ1n) is 13.7. The Hall–Kier alpha value is -3.16. The fourth-order valence-electron chi connectivity index (χ4n) is 8.37. The van der Waals surface area contributed by atoms with Gasteiger partial charge in [-0.25, -0.2) is 4.79 Å². The molecule has 8 heteroatoms. The van der Waals surface area contributed by atoms with Crippen LogP contribution < -0.4 is 0 Å². The monoisotopic (exact) mass is 538 g/mol. The third-order valence-corrected chi connectivity index (χ3v) is 10.4. The molecule has 2 saturated carbocycles. The van der Waals surface area contributed by atoms with E-state index in [2.05, 4.69) is 13.5 Å². The molecular weight excluding hydrogens is 500 g/mol. The summed E-state index contributed by atoms with van der Waals surface area (Å²) in [5, 5.41) is 0. The van der Waals surface area contributed by atoms with E-state index >= 15 is 0 Å². The van der Waals surface area contributed by atoms with E-state index in [1.807, 2.05) is 32.9 Å². The van der Waals surface area contributed by atoms with Crippen molar-refractivity contribution in [3.63, 3.8) is 0 Å². The van der Waals surface area contributed by atoms with E-state index in [-0.39, 0.29) is 42.0 Å². The maximum atomic E-state index is 14.4. The molecule has 1 aromatic rings. The van der Waals surface area contributed by atoms with Crippen LogP contribution in [0.3, 0.4) is 0 Å². The Balaban J connectivity index is 1.66. The summed E-state index contributed by atoms with van der Waals surface area (Å²) < 4.78 is 22.3. The van der Waals surface area contributed by atoms with Crippen molar-refractivity contribution in [1.82, 2.24) is 0 Å². The summed E-state index contributed by atoms with van der Waals surface area (Å²) in [6.45, 7) is 13.3. The fraction of sp³-hybridized carbons (Fsp3) is 0.613. The van der Waals surface area contributed by atoms with Gasteiger partial charge in [0, 0.05) is 33.8 Å². The number of fused-ring (bicyclic) bond motifs is 6. The van der Waals surface area contributed by atoms with Gasteiger partial charge in [0.1, 0.15) is 18.0 Å². The summed E-state index contributed by atoms with van der Waals surface area (Å²) in [5.74, 6) is -2.82. The molecular formula is C31H38O8. The zero-order valence-electron chi connectivity index (χ0n) is 23.6. The van der Waals surface area contributed by atoms with E-state index in [0.717, 1.165) is 17.6 Å². The van der Waals surface area contributed by atoms with Crippen LogP contribution in [-0.4, -0.2) is 36.9 Å². The molecule has 0 radical (unpaired) electrons. The first kappa shape index (κ1) is 27.4. The molecule has 0 N–H and O–H groups in total. The lowest BCUT2D eigenvalue weighted by Crippen LogP contribution is -2.66. The number of hydrogen-bond acceptors (Lipinski definition) is 8. The third kappa shape index (κ3) is 3.93. The highest BCUT2D eigenvalue weighted by molar-refractivity contribution is 5.94. The Morgan fingerprint density at radius 2 is 1.87 bits per heavy atom. The van der Waals surface area contributed by atoms with E-state index < -0.39 is 52.2 Å². The second-order valence-corrected chi connectivity index (χ2v) is 12.9. The van der Waals surface area contributed by atoms with Crippen LogP contribution >= 0.6 is 0 Å². The van der Waals surface area contributed by atoms with Crippen molar-refractivity contribution in [2.24, 2.45) is 39.9 Å². The molecule has 3 aliphatic carbocycles. The molecule has 0 amide bonds. The highest BCUT2D eigenvalue weighted by Gasteiger charge is 2.69. The normalized spacial score (nSPS) is 38.5. The summed E-state index contributed by atoms with van der Waals surface area (Å²) in [7, 11) is 1.34. The predicted molar refractivity (Wildman–Crippen MR) is 140 cm³/mol. The van der Waals surface area contributed by atoms with Crippen LogP contribution in [0, 0.1) is 39.9 Å². The van der Waals surface area contributed by atoms with Crippen LogP contribution in [0.4, 0.5) is 0 Å². The van der Waals surface area contributed by atoms with Crippen LogP contribution in [-0.2, 0) is 33.4 Å². The van der Waals surface area contributed by atoms with E-state index in [0.29, 0.717) is 6.42 Å². The Labute approximate surface area is 229 Å². The van der Waals surface area contributed by atoms with E-state index in [1.165, 1.54) is 7.11 Å². The number of cyclic esters (lactones) is 1. The SMILES string of the molecule is C=C(C)C(=O)OC1C2C=C3C4CC(=O)OC(c5ccoc5)C4(C)CCC3C(C)(C2=O)C(CC(=O)OC)C1(C)C. The van der Waals surface area contributed by atoms with Gasteiger partial charge in [-0.15, -0.1) is 0 Å². The number of carbonyl (C=O) groups excluding carboxylic acids is 4. The largest absolute Gasteiger partial charge is 0.472 e. The fourth-order valence-corrected chi connectivity index (χ4v) is 8.37. The van der Waals surface area contributed by atoms with Crippen molar-refractivity contribution in [2.75, 3.05) is 7.11 Å². The molecule has 5 rings (SSSR count). The lowest BCUT2D eigenvalue weighted by molar-refractivity contribution is -0.195. The maximum Gasteiger partial charge on any atom is 0.333 e. The Kier molecular flexibility index (Phi) is 6.47. The number of allylic oxidation sites excluding steroid dienone is 1. The summed E-state index contributed by atoms with van der Waals surface area (Å²) in [4.78, 5) is 52.9. The molecule has 2 heterocycles. The van der Waals surface area contributed by atoms with Gasteiger partial charge in [0.2, 0.25) is 0 Å². The number of furan rings is 1. The number of ether oxygens (including phenoxy) is 3. The van der Waals surface area contributed by atoms with Gasteiger partial charge in [-0.1, -0.05) is 45.9 Å². The molecule has 1 saturated heterocycles. The summed E-state index contributed by atoms with van der Waals surface area (Å²) >= 11 is 0. The number of methoxy groups -OCH3 is 1. The number of Topliss-reactive ketones (excluding diaryl/α,β-unsaturated/α-hetero) is 1. The Morgan fingerprint density at radius 1 is 1.15 bits per heavy atom. The van der Waals surface area contributed by atoms with Crippen LogP contribution in [0.2, 0.25) is 0 Å². The first-order valence-corrected chi connectivity index (χ1v) is 13.7. The minimum Gasteiger partial charge on any atom is -0.472 e. The van der Waals surface area contributed by atoms with Crippen molar-refractivity contribution in [3.8, 4) is 0 Å². The van der Waals surface area contributed by atoms with Crippen molar-refractivity contribution in [3.05, 3.63) is 48.0 Å². The molecule has 8 atom stereocenters. The molecule has 4 aliphatic rings. The van der Waals surface area contributed by atoms with Gasteiger partial charge < -0.3 is 18.6 Å². The van der Waals surface area contributed by atoms with Crippen molar-refractivity contribution in [2.45, 2.75) is 72.5 Å². The molecule has 0 spiro atoms. The third-order valence-electron chi connectivity index (χ3n) is 10.4. The highest BCUT2D eigenvalue weighted by atomic mass is 16.6. The first-order chi connectivity index (χ1) is 18.3. The molecule has 1 aromatic heterocycles. The second kappa shape index (κ2) is 9.20. The average molecular weight is 539 g/mol. The summed E-state index contributed by atoms with van der Waals surface area (Å²) in [6.07, 6.45) is 5.54. The summed E-state index contributed by atoms with van der Waals surface area (Å²) in [6, 6.07) is 1.83. The zero-order chi connectivity index (χ0) is 28.5. The van der Waals surface area contributed by atoms with Gasteiger partial charge in [0.05, 0.1) is 32.0 Å². The minimum atomic E-state index is -0.910. The molecule has 3 fully saturated rings. The van der Waals surface area contributed by atoms with Gasteiger partial charge >= 0.3 is 17.9 Å². The minimum absolute atomic E-state index is 0.0188. The number of hydrogen-bond donors (Lipinski definition) is 0. The highest BCUT2D eigenvalue weighted by Crippen LogP contribution is 2.68. The molecule has 8 nitrogen and oxygen atoms in total. The van der Waals surface area contributed by atoms with Gasteiger partial charge in [0.25, 0.3) is 0 Å². The average Bonchev–Trinajstić information content (AvgIpc) is 3.41. The van der Waals surface area contributed by atoms with Crippen molar-refractivity contribution < 1.29 is 37.8 Å². The Morgan fingerprint density at radius 3 is 2.49 bits per heavy atom. The van der Waals surface area contributed by atoms with Gasteiger partial charge in [-0.2, -0.15) is 0 Å². The smallest absolute Gasteiger partial charge is 0.333 e. The second-order valence-electron chi connectivity index (χ2n) is 12.9. The molecule has 210 valence electrons. The van der Waals surface area contributed by atoms with Crippen molar-refractivity contribution in [1.29, 1.82) is 0 Å². The number of rotatable bonds is 5. The number of ketones is 1. The van der Waals surface area contributed by atoms with Gasteiger partial charge in [-0.05, 0) is 43.6 Å². The topological polar surface area (TPSA) is 109 Å².